The SMILES string of the molecule is Cc1cc(/C=C(\C#N)C(=O)OCc2cc(=O)n3ccsc3n2)c(C)n1CCC(C)C. The van der Waals surface area contributed by atoms with Gasteiger partial charge >= 0.3 is 5.97 Å². The first-order chi connectivity index (χ1) is 14.3. The van der Waals surface area contributed by atoms with E-state index in [9.17, 15) is 14.9 Å². The molecule has 156 valence electrons. The van der Waals surface area contributed by atoms with Crippen molar-refractivity contribution < 1.29 is 9.53 Å². The molecule has 0 N–H and O–H groups in total. The molecule has 0 saturated heterocycles. The largest absolute Gasteiger partial charge is 0.455 e. The van der Waals surface area contributed by atoms with Crippen molar-refractivity contribution in [2.75, 3.05) is 0 Å². The Bertz CT molecular complexity index is 1210. The van der Waals surface area contributed by atoms with Gasteiger partial charge in [0.2, 0.25) is 0 Å². The number of carbonyl (C=O) groups excluding carboxylic acids is 1. The van der Waals surface area contributed by atoms with Crippen LogP contribution in [0.2, 0.25) is 0 Å². The van der Waals surface area contributed by atoms with Crippen LogP contribution in [0.3, 0.4) is 0 Å². The van der Waals surface area contributed by atoms with Gasteiger partial charge in [0.05, 0.1) is 5.69 Å². The van der Waals surface area contributed by atoms with Crippen LogP contribution in [0.15, 0.2) is 34.1 Å². The average Bonchev–Trinajstić information content (AvgIpc) is 3.27. The van der Waals surface area contributed by atoms with Crippen LogP contribution in [0.5, 0.6) is 0 Å². The smallest absolute Gasteiger partial charge is 0.349 e. The number of carbonyl (C=O) groups is 1. The van der Waals surface area contributed by atoms with E-state index in [0.717, 1.165) is 29.9 Å². The van der Waals surface area contributed by atoms with E-state index < -0.39 is 5.97 Å². The second kappa shape index (κ2) is 9.09. The summed E-state index contributed by atoms with van der Waals surface area (Å²) in [6.45, 7) is 9.07. The number of ether oxygens (including phenoxy) is 1. The monoisotopic (exact) mass is 424 g/mol. The number of aryl methyl sites for hydroxylation is 1. The molecule has 0 atom stereocenters. The molecule has 30 heavy (non-hydrogen) atoms. The Labute approximate surface area is 178 Å². The minimum absolute atomic E-state index is 0.0898. The summed E-state index contributed by atoms with van der Waals surface area (Å²) < 4.78 is 8.86. The van der Waals surface area contributed by atoms with Gasteiger partial charge in [0, 0.05) is 35.6 Å². The summed E-state index contributed by atoms with van der Waals surface area (Å²) in [5.74, 6) is -0.150. The fourth-order valence-corrected chi connectivity index (χ4v) is 3.92. The first-order valence-corrected chi connectivity index (χ1v) is 10.6. The lowest BCUT2D eigenvalue weighted by Crippen LogP contribution is -2.15. The lowest BCUT2D eigenvalue weighted by atomic mass is 10.1. The van der Waals surface area contributed by atoms with Gasteiger partial charge in [-0.25, -0.2) is 9.78 Å². The van der Waals surface area contributed by atoms with E-state index in [-0.39, 0.29) is 17.7 Å². The van der Waals surface area contributed by atoms with Crippen molar-refractivity contribution in [3.05, 3.63) is 62.3 Å². The van der Waals surface area contributed by atoms with Crippen LogP contribution in [0.25, 0.3) is 11.0 Å². The summed E-state index contributed by atoms with van der Waals surface area (Å²) >= 11 is 1.32. The molecule has 3 heterocycles. The molecule has 0 aromatic carbocycles. The van der Waals surface area contributed by atoms with Crippen LogP contribution in [-0.2, 0) is 22.7 Å². The van der Waals surface area contributed by atoms with Gasteiger partial charge in [-0.05, 0) is 43.9 Å². The lowest BCUT2D eigenvalue weighted by molar-refractivity contribution is -0.139. The number of esters is 1. The highest BCUT2D eigenvalue weighted by Gasteiger charge is 2.15. The summed E-state index contributed by atoms with van der Waals surface area (Å²) in [6.07, 6.45) is 4.24. The molecule has 3 rings (SSSR count). The molecule has 0 spiro atoms. The van der Waals surface area contributed by atoms with E-state index in [0.29, 0.717) is 16.6 Å². The van der Waals surface area contributed by atoms with Crippen LogP contribution in [0, 0.1) is 31.1 Å². The molecule has 7 nitrogen and oxygen atoms in total. The first kappa shape index (κ1) is 21.5. The third-order valence-electron chi connectivity index (χ3n) is 4.89. The summed E-state index contributed by atoms with van der Waals surface area (Å²) in [7, 11) is 0. The molecule has 8 heteroatoms. The molecule has 0 saturated carbocycles. The molecule has 0 fully saturated rings. The quantitative estimate of drug-likeness (QED) is 0.326. The number of hydrogen-bond acceptors (Lipinski definition) is 6. The molecule has 3 aromatic rings. The maximum atomic E-state index is 12.4. The summed E-state index contributed by atoms with van der Waals surface area (Å²) in [6, 6.07) is 5.21. The van der Waals surface area contributed by atoms with Crippen molar-refractivity contribution in [3.63, 3.8) is 0 Å². The minimum atomic E-state index is -0.738. The second-order valence-electron chi connectivity index (χ2n) is 7.55. The fourth-order valence-electron chi connectivity index (χ4n) is 3.18. The normalized spacial score (nSPS) is 11.8. The highest BCUT2D eigenvalue weighted by Crippen LogP contribution is 2.20. The van der Waals surface area contributed by atoms with E-state index in [4.69, 9.17) is 4.74 Å². The summed E-state index contributed by atoms with van der Waals surface area (Å²) in [4.78, 5) is 29.3. The number of fused-ring (bicyclic) bond motifs is 1. The number of hydrogen-bond donors (Lipinski definition) is 0. The highest BCUT2D eigenvalue weighted by molar-refractivity contribution is 7.15. The maximum Gasteiger partial charge on any atom is 0.349 e. The van der Waals surface area contributed by atoms with E-state index in [2.05, 4.69) is 23.4 Å². The van der Waals surface area contributed by atoms with Crippen molar-refractivity contribution in [3.8, 4) is 6.07 Å². The third kappa shape index (κ3) is 4.69. The Morgan fingerprint density at radius 3 is 2.83 bits per heavy atom. The Morgan fingerprint density at radius 2 is 2.13 bits per heavy atom. The highest BCUT2D eigenvalue weighted by atomic mass is 32.1. The average molecular weight is 425 g/mol. The minimum Gasteiger partial charge on any atom is -0.455 e. The predicted octanol–water partition coefficient (Wildman–Crippen LogP) is 3.87. The molecular formula is C22H24N4O3S. The molecule has 0 aliphatic carbocycles. The maximum absolute atomic E-state index is 12.4. The van der Waals surface area contributed by atoms with Gasteiger partial charge < -0.3 is 9.30 Å². The molecule has 0 aliphatic rings. The Balaban J connectivity index is 1.75. The van der Waals surface area contributed by atoms with Gasteiger partial charge in [0.1, 0.15) is 18.2 Å². The van der Waals surface area contributed by atoms with Crippen molar-refractivity contribution >= 4 is 28.3 Å². The van der Waals surface area contributed by atoms with Gasteiger partial charge in [0.15, 0.2) is 4.96 Å². The van der Waals surface area contributed by atoms with Crippen LogP contribution in [-0.4, -0.2) is 19.9 Å². The zero-order valence-corrected chi connectivity index (χ0v) is 18.3. The first-order valence-electron chi connectivity index (χ1n) is 9.71. The molecular weight excluding hydrogens is 400 g/mol. The van der Waals surface area contributed by atoms with Gasteiger partial charge in [-0.2, -0.15) is 5.26 Å². The van der Waals surface area contributed by atoms with Gasteiger partial charge in [-0.3, -0.25) is 9.20 Å². The zero-order valence-electron chi connectivity index (χ0n) is 17.5. The second-order valence-corrected chi connectivity index (χ2v) is 8.42. The van der Waals surface area contributed by atoms with Crippen molar-refractivity contribution in [1.29, 1.82) is 5.26 Å². The molecule has 0 amide bonds. The zero-order chi connectivity index (χ0) is 21.8. The molecule has 0 aliphatic heterocycles. The number of nitrogens with zero attached hydrogens (tertiary/aromatic N) is 4. The molecule has 0 radical (unpaired) electrons. The van der Waals surface area contributed by atoms with E-state index in [1.165, 1.54) is 21.8 Å². The van der Waals surface area contributed by atoms with Crippen LogP contribution < -0.4 is 5.56 Å². The standard InChI is InChI=1S/C22H24N4O3S/c1-14(2)5-6-25-15(3)9-17(16(25)4)10-18(12-23)21(28)29-13-19-11-20(27)26-7-8-30-22(26)24-19/h7-11,14H,5-6,13H2,1-4H3/b18-10+. The predicted molar refractivity (Wildman–Crippen MR) is 116 cm³/mol. The number of rotatable bonds is 7. The van der Waals surface area contributed by atoms with Crippen molar-refractivity contribution in [1.82, 2.24) is 14.0 Å². The molecule has 0 unspecified atom stereocenters. The summed E-state index contributed by atoms with van der Waals surface area (Å²) in [5.41, 5.74) is 2.93. The number of aromatic nitrogens is 3. The van der Waals surface area contributed by atoms with Crippen LogP contribution >= 0.6 is 11.3 Å². The molecule has 0 bridgehead atoms. The third-order valence-corrected chi connectivity index (χ3v) is 5.65. The van der Waals surface area contributed by atoms with Gasteiger partial charge in [-0.1, -0.05) is 13.8 Å². The fraction of sp³-hybridized carbons (Fsp3) is 0.364. The van der Waals surface area contributed by atoms with Gasteiger partial charge in [-0.15, -0.1) is 11.3 Å². The Morgan fingerprint density at radius 1 is 1.37 bits per heavy atom. The van der Waals surface area contributed by atoms with Crippen molar-refractivity contribution in [2.24, 2.45) is 5.92 Å². The number of nitriles is 1. The molecule has 3 aromatic heterocycles. The van der Waals surface area contributed by atoms with Crippen LogP contribution in [0.1, 0.15) is 42.9 Å². The van der Waals surface area contributed by atoms with E-state index in [1.807, 2.05) is 26.0 Å². The summed E-state index contributed by atoms with van der Waals surface area (Å²) in [5, 5.41) is 11.2. The van der Waals surface area contributed by atoms with Crippen LogP contribution in [0.4, 0.5) is 0 Å². The van der Waals surface area contributed by atoms with E-state index in [1.54, 1.807) is 17.7 Å². The Kier molecular flexibility index (Phi) is 6.53. The lowest BCUT2D eigenvalue weighted by Gasteiger charge is -2.11. The topological polar surface area (TPSA) is 89.4 Å². The van der Waals surface area contributed by atoms with Crippen molar-refractivity contribution in [2.45, 2.75) is 47.3 Å². The van der Waals surface area contributed by atoms with E-state index >= 15 is 0 Å². The number of thiazole rings is 1. The Hall–Kier alpha value is -3.18. The van der Waals surface area contributed by atoms with Gasteiger partial charge in [0.25, 0.3) is 5.56 Å².